The van der Waals surface area contributed by atoms with Gasteiger partial charge in [-0.3, -0.25) is 10.1 Å². The van der Waals surface area contributed by atoms with E-state index in [1.165, 1.54) is 0 Å². The first-order chi connectivity index (χ1) is 9.52. The smallest absolute Gasteiger partial charge is 0.330 e. The highest BCUT2D eigenvalue weighted by Crippen LogP contribution is 2.32. The van der Waals surface area contributed by atoms with Crippen molar-refractivity contribution >= 4 is 28.8 Å². The first kappa shape index (κ1) is 14.0. The van der Waals surface area contributed by atoms with E-state index in [0.717, 1.165) is 6.20 Å². The van der Waals surface area contributed by atoms with E-state index in [1.54, 1.807) is 43.3 Å². The Kier molecular flexibility index (Phi) is 3.99. The Balaban J connectivity index is 2.49. The van der Waals surface area contributed by atoms with E-state index in [-0.39, 0.29) is 16.8 Å². The summed E-state index contributed by atoms with van der Waals surface area (Å²) in [6.07, 6.45) is 1.08. The van der Waals surface area contributed by atoms with Crippen molar-refractivity contribution in [1.82, 2.24) is 9.97 Å². The van der Waals surface area contributed by atoms with Crippen LogP contribution in [0, 0.1) is 10.1 Å². The first-order valence-corrected chi connectivity index (χ1v) is 5.95. The van der Waals surface area contributed by atoms with Gasteiger partial charge in [-0.25, -0.2) is 4.98 Å². The van der Waals surface area contributed by atoms with Crippen molar-refractivity contribution in [2.24, 2.45) is 0 Å². The molecule has 0 saturated carbocycles. The quantitative estimate of drug-likeness (QED) is 0.490. The number of hydrogen-bond donors (Lipinski definition) is 0. The van der Waals surface area contributed by atoms with Gasteiger partial charge in [-0.1, -0.05) is 6.07 Å². The van der Waals surface area contributed by atoms with Crippen LogP contribution in [0.15, 0.2) is 30.5 Å². The fourth-order valence-corrected chi connectivity index (χ4v) is 1.79. The Labute approximate surface area is 119 Å². The number of nitrogens with zero attached hydrogens (tertiary/aromatic N) is 4. The molecule has 0 saturated heterocycles. The lowest BCUT2D eigenvalue weighted by Crippen LogP contribution is -2.14. The third kappa shape index (κ3) is 2.77. The second-order valence-electron chi connectivity index (χ2n) is 3.87. The Morgan fingerprint density at radius 3 is 2.85 bits per heavy atom. The lowest BCUT2D eigenvalue weighted by atomic mass is 10.2. The average molecular weight is 295 g/mol. The zero-order chi connectivity index (χ0) is 14.7. The number of methoxy groups -OCH3 is 1. The van der Waals surface area contributed by atoms with Gasteiger partial charge in [0.25, 0.3) is 0 Å². The second-order valence-corrected chi connectivity index (χ2v) is 4.20. The molecule has 0 bridgehead atoms. The molecule has 7 nitrogen and oxygen atoms in total. The first-order valence-electron chi connectivity index (χ1n) is 5.57. The molecule has 0 atom stereocenters. The van der Waals surface area contributed by atoms with Gasteiger partial charge in [0.2, 0.25) is 11.1 Å². The van der Waals surface area contributed by atoms with Crippen molar-refractivity contribution in [2.75, 3.05) is 19.1 Å². The minimum Gasteiger partial charge on any atom is -0.497 e. The molecular formula is C12H11ClN4O3. The van der Waals surface area contributed by atoms with Crippen molar-refractivity contribution in [3.63, 3.8) is 0 Å². The van der Waals surface area contributed by atoms with Crippen LogP contribution in [0.4, 0.5) is 17.2 Å². The molecule has 0 N–H and O–H groups in total. The summed E-state index contributed by atoms with van der Waals surface area (Å²) < 4.78 is 5.12. The number of hydrogen-bond acceptors (Lipinski definition) is 6. The summed E-state index contributed by atoms with van der Waals surface area (Å²) >= 11 is 5.72. The molecule has 0 aliphatic heterocycles. The fraction of sp³-hybridized carbons (Fsp3) is 0.167. The van der Waals surface area contributed by atoms with Crippen LogP contribution in [-0.4, -0.2) is 29.0 Å². The van der Waals surface area contributed by atoms with E-state index in [1.807, 2.05) is 0 Å². The standard InChI is InChI=1S/C12H11ClN4O3/c1-16(8-4-3-5-9(6-8)20-2)11-10(17(18)19)7-14-12(13)15-11/h3-7H,1-2H3. The van der Waals surface area contributed by atoms with Gasteiger partial charge in [0.1, 0.15) is 11.9 Å². The maximum Gasteiger partial charge on any atom is 0.330 e. The largest absolute Gasteiger partial charge is 0.497 e. The summed E-state index contributed by atoms with van der Waals surface area (Å²) in [5.74, 6) is 0.750. The maximum atomic E-state index is 11.0. The van der Waals surface area contributed by atoms with Gasteiger partial charge in [0.15, 0.2) is 0 Å². The SMILES string of the molecule is COc1cccc(N(C)c2nc(Cl)ncc2[N+](=O)[O-])c1. The van der Waals surface area contributed by atoms with E-state index in [0.29, 0.717) is 11.4 Å². The number of anilines is 2. The Bertz CT molecular complexity index is 650. The molecule has 8 heteroatoms. The van der Waals surface area contributed by atoms with Gasteiger partial charge in [-0.2, -0.15) is 4.98 Å². The zero-order valence-electron chi connectivity index (χ0n) is 10.8. The van der Waals surface area contributed by atoms with Gasteiger partial charge in [0, 0.05) is 18.8 Å². The molecule has 104 valence electrons. The number of nitro groups is 1. The zero-order valence-corrected chi connectivity index (χ0v) is 11.5. The summed E-state index contributed by atoms with van der Waals surface area (Å²) in [7, 11) is 3.20. The number of ether oxygens (including phenoxy) is 1. The second kappa shape index (κ2) is 5.70. The highest BCUT2D eigenvalue weighted by molar-refractivity contribution is 6.28. The summed E-state index contributed by atoms with van der Waals surface area (Å²) in [6, 6.07) is 7.07. The van der Waals surface area contributed by atoms with Gasteiger partial charge in [0.05, 0.1) is 12.0 Å². The summed E-state index contributed by atoms with van der Waals surface area (Å²) in [5, 5.41) is 11.0. The molecule has 2 aromatic rings. The van der Waals surface area contributed by atoms with E-state index in [9.17, 15) is 10.1 Å². The molecular weight excluding hydrogens is 284 g/mol. The van der Waals surface area contributed by atoms with Gasteiger partial charge >= 0.3 is 5.69 Å². The third-order valence-corrected chi connectivity index (χ3v) is 2.86. The van der Waals surface area contributed by atoms with Crippen molar-refractivity contribution in [3.8, 4) is 5.75 Å². The lowest BCUT2D eigenvalue weighted by Gasteiger charge is -2.18. The Hall–Kier alpha value is -2.41. The van der Waals surface area contributed by atoms with Crippen molar-refractivity contribution in [3.05, 3.63) is 45.9 Å². The summed E-state index contributed by atoms with van der Waals surface area (Å²) in [6.45, 7) is 0. The average Bonchev–Trinajstić information content (AvgIpc) is 2.46. The number of benzene rings is 1. The van der Waals surface area contributed by atoms with Gasteiger partial charge in [-0.05, 0) is 23.7 Å². The van der Waals surface area contributed by atoms with Crippen LogP contribution < -0.4 is 9.64 Å². The maximum absolute atomic E-state index is 11.0. The van der Waals surface area contributed by atoms with Crippen LogP contribution >= 0.6 is 11.6 Å². The molecule has 1 aromatic carbocycles. The molecule has 0 fully saturated rings. The monoisotopic (exact) mass is 294 g/mol. The van der Waals surface area contributed by atoms with Gasteiger partial charge < -0.3 is 9.64 Å². The van der Waals surface area contributed by atoms with Crippen LogP contribution in [0.1, 0.15) is 0 Å². The Morgan fingerprint density at radius 1 is 1.45 bits per heavy atom. The minimum atomic E-state index is -0.553. The van der Waals surface area contributed by atoms with Crippen LogP contribution in [0.5, 0.6) is 5.75 Å². The number of aromatic nitrogens is 2. The van der Waals surface area contributed by atoms with Crippen LogP contribution in [-0.2, 0) is 0 Å². The normalized spacial score (nSPS) is 10.2. The Morgan fingerprint density at radius 2 is 2.20 bits per heavy atom. The predicted octanol–water partition coefficient (Wildman–Crippen LogP) is 2.81. The van der Waals surface area contributed by atoms with E-state index < -0.39 is 4.92 Å². The molecule has 20 heavy (non-hydrogen) atoms. The molecule has 0 radical (unpaired) electrons. The molecule has 2 rings (SSSR count). The van der Waals surface area contributed by atoms with E-state index in [2.05, 4.69) is 9.97 Å². The molecule has 0 aliphatic rings. The number of rotatable bonds is 4. The van der Waals surface area contributed by atoms with Crippen molar-refractivity contribution in [1.29, 1.82) is 0 Å². The highest BCUT2D eigenvalue weighted by Gasteiger charge is 2.21. The minimum absolute atomic E-state index is 0.0552. The summed E-state index contributed by atoms with van der Waals surface area (Å²) in [5.41, 5.74) is 0.460. The van der Waals surface area contributed by atoms with E-state index in [4.69, 9.17) is 16.3 Å². The molecule has 0 aliphatic carbocycles. The molecule has 1 heterocycles. The van der Waals surface area contributed by atoms with E-state index >= 15 is 0 Å². The van der Waals surface area contributed by atoms with Crippen molar-refractivity contribution in [2.45, 2.75) is 0 Å². The molecule has 0 spiro atoms. The van der Waals surface area contributed by atoms with Crippen LogP contribution in [0.2, 0.25) is 5.28 Å². The predicted molar refractivity (Wildman–Crippen MR) is 74.8 cm³/mol. The summed E-state index contributed by atoms with van der Waals surface area (Å²) in [4.78, 5) is 19.6. The molecule has 0 amide bonds. The van der Waals surface area contributed by atoms with Crippen LogP contribution in [0.3, 0.4) is 0 Å². The van der Waals surface area contributed by atoms with Crippen LogP contribution in [0.25, 0.3) is 0 Å². The third-order valence-electron chi connectivity index (χ3n) is 2.68. The number of halogens is 1. The van der Waals surface area contributed by atoms with Gasteiger partial charge in [-0.15, -0.1) is 0 Å². The molecule has 1 aromatic heterocycles. The molecule has 0 unspecified atom stereocenters. The topological polar surface area (TPSA) is 81.4 Å². The highest BCUT2D eigenvalue weighted by atomic mass is 35.5. The lowest BCUT2D eigenvalue weighted by molar-refractivity contribution is -0.384. The van der Waals surface area contributed by atoms with Crippen molar-refractivity contribution < 1.29 is 9.66 Å². The fourth-order valence-electron chi connectivity index (χ4n) is 1.66.